The third-order valence-corrected chi connectivity index (χ3v) is 1.59. The van der Waals surface area contributed by atoms with Crippen molar-refractivity contribution in [1.29, 1.82) is 0 Å². The monoisotopic (exact) mass is 140 g/mol. The maximum Gasteiger partial charge on any atom is 0.219 e. The molecule has 0 saturated heterocycles. The molecule has 1 heterocycles. The van der Waals surface area contributed by atoms with E-state index in [0.717, 1.165) is 12.5 Å². The molecule has 3 nitrogen and oxygen atoms in total. The van der Waals surface area contributed by atoms with Gasteiger partial charge in [0.2, 0.25) is 6.67 Å². The molecule has 0 amide bonds. The molecule has 56 valence electrons. The summed E-state index contributed by atoms with van der Waals surface area (Å²) in [5.41, 5.74) is 0. The van der Waals surface area contributed by atoms with E-state index in [2.05, 4.69) is 41.2 Å². The smallest absolute Gasteiger partial charge is 0.219 e. The third-order valence-electron chi connectivity index (χ3n) is 1.59. The minimum Gasteiger partial charge on any atom is -0.374 e. The molecule has 3 heteroatoms. The first kappa shape index (κ1) is 7.12. The van der Waals surface area contributed by atoms with E-state index >= 15 is 0 Å². The summed E-state index contributed by atoms with van der Waals surface area (Å²) in [6.07, 6.45) is 4.12. The van der Waals surface area contributed by atoms with Gasteiger partial charge in [0.25, 0.3) is 0 Å². The Balaban J connectivity index is 2.71. The Labute approximate surface area is 61.6 Å². The lowest BCUT2D eigenvalue weighted by atomic mass is 10.4. The van der Waals surface area contributed by atoms with Crippen molar-refractivity contribution in [3.05, 3.63) is 11.9 Å². The highest BCUT2D eigenvalue weighted by atomic mass is 15.3. The number of rotatable bonds is 1. The molecule has 0 saturated carbocycles. The Bertz CT molecular complexity index is 181. The van der Waals surface area contributed by atoms with Gasteiger partial charge >= 0.3 is 0 Å². The van der Waals surface area contributed by atoms with Crippen molar-refractivity contribution in [3.63, 3.8) is 0 Å². The van der Waals surface area contributed by atoms with Gasteiger partial charge in [-0.2, -0.15) is 0 Å². The van der Waals surface area contributed by atoms with Crippen molar-refractivity contribution in [1.82, 2.24) is 10.2 Å². The maximum absolute atomic E-state index is 3.10. The lowest BCUT2D eigenvalue weighted by Gasteiger charge is -2.21. The van der Waals surface area contributed by atoms with Gasteiger partial charge in [0.15, 0.2) is 6.21 Å². The topological polar surface area (TPSA) is 18.3 Å². The summed E-state index contributed by atoms with van der Waals surface area (Å²) in [5.74, 6) is 1.16. The van der Waals surface area contributed by atoms with E-state index in [-0.39, 0.29) is 0 Å². The van der Waals surface area contributed by atoms with Crippen molar-refractivity contribution in [2.45, 2.75) is 0 Å². The van der Waals surface area contributed by atoms with E-state index in [9.17, 15) is 0 Å². The van der Waals surface area contributed by atoms with Crippen LogP contribution in [0.3, 0.4) is 0 Å². The van der Waals surface area contributed by atoms with E-state index in [1.165, 1.54) is 0 Å². The molecule has 0 fully saturated rings. The lowest BCUT2D eigenvalue weighted by Crippen LogP contribution is -2.35. The summed E-state index contributed by atoms with van der Waals surface area (Å²) in [6, 6.07) is 0. The fourth-order valence-electron chi connectivity index (χ4n) is 1.06. The van der Waals surface area contributed by atoms with Crippen LogP contribution in [0.15, 0.2) is 11.9 Å². The Morgan fingerprint density at radius 3 is 2.90 bits per heavy atom. The van der Waals surface area contributed by atoms with Crippen LogP contribution in [0, 0.1) is 0 Å². The zero-order chi connectivity index (χ0) is 7.56. The van der Waals surface area contributed by atoms with Gasteiger partial charge in [0, 0.05) is 20.2 Å². The van der Waals surface area contributed by atoms with Gasteiger partial charge in [0.05, 0.1) is 0 Å². The summed E-state index contributed by atoms with van der Waals surface area (Å²) in [5, 5.41) is 3.10. The van der Waals surface area contributed by atoms with E-state index in [1.54, 1.807) is 0 Å². The summed E-state index contributed by atoms with van der Waals surface area (Å²) in [6.45, 7) is 0.951. The molecule has 10 heavy (non-hydrogen) atoms. The van der Waals surface area contributed by atoms with Crippen LogP contribution < -0.4 is 5.32 Å². The molecular formula is C7H14N3+. The zero-order valence-corrected chi connectivity index (χ0v) is 6.76. The second-order valence-electron chi connectivity index (χ2n) is 2.55. The van der Waals surface area contributed by atoms with Gasteiger partial charge < -0.3 is 10.2 Å². The van der Waals surface area contributed by atoms with Crippen molar-refractivity contribution >= 4 is 6.21 Å². The van der Waals surface area contributed by atoms with Crippen LogP contribution in [0.1, 0.15) is 0 Å². The molecule has 0 spiro atoms. The first-order valence-electron chi connectivity index (χ1n) is 3.38. The van der Waals surface area contributed by atoms with Crippen LogP contribution in [0.2, 0.25) is 0 Å². The highest BCUT2D eigenvalue weighted by Gasteiger charge is 2.10. The lowest BCUT2D eigenvalue weighted by molar-refractivity contribution is -0.514. The highest BCUT2D eigenvalue weighted by Crippen LogP contribution is 1.97. The first-order chi connectivity index (χ1) is 4.74. The number of hydrogen-bond acceptors (Lipinski definition) is 2. The zero-order valence-electron chi connectivity index (χ0n) is 6.76. The molecule has 0 radical (unpaired) electrons. The summed E-state index contributed by atoms with van der Waals surface area (Å²) >= 11 is 0. The largest absolute Gasteiger partial charge is 0.374 e. The minimum absolute atomic E-state index is 0.951. The number of nitrogens with zero attached hydrogens (tertiary/aromatic N) is 2. The molecule has 0 aromatic rings. The van der Waals surface area contributed by atoms with Crippen LogP contribution in [0.5, 0.6) is 0 Å². The van der Waals surface area contributed by atoms with E-state index < -0.39 is 0 Å². The molecule has 1 aliphatic heterocycles. The Kier molecular flexibility index (Phi) is 1.94. The summed E-state index contributed by atoms with van der Waals surface area (Å²) in [4.78, 5) is 2.15. The Morgan fingerprint density at radius 2 is 2.40 bits per heavy atom. The molecular weight excluding hydrogens is 126 g/mol. The van der Waals surface area contributed by atoms with E-state index in [0.29, 0.717) is 0 Å². The van der Waals surface area contributed by atoms with Crippen molar-refractivity contribution in [2.75, 3.05) is 27.8 Å². The van der Waals surface area contributed by atoms with Crippen LogP contribution in [-0.2, 0) is 0 Å². The van der Waals surface area contributed by atoms with Gasteiger partial charge in [-0.15, -0.1) is 0 Å². The fraction of sp³-hybridized carbons (Fsp3) is 0.571. The normalized spacial score (nSPS) is 18.1. The second kappa shape index (κ2) is 2.73. The molecule has 0 atom stereocenters. The average molecular weight is 140 g/mol. The van der Waals surface area contributed by atoms with Gasteiger partial charge in [0.1, 0.15) is 12.9 Å². The minimum atomic E-state index is 0.951. The van der Waals surface area contributed by atoms with Gasteiger partial charge in [-0.25, -0.2) is 4.58 Å². The molecule has 1 aliphatic rings. The van der Waals surface area contributed by atoms with Gasteiger partial charge in [-0.05, 0) is 0 Å². The standard InChI is InChI=1S/C7H13N3/c1-8-7-4-5-9(2)6-10(7)3/h4-5H,6H2,1-3H3/p+1. The molecule has 1 N–H and O–H groups in total. The summed E-state index contributed by atoms with van der Waals surface area (Å²) in [7, 11) is 6.05. The molecule has 0 aromatic heterocycles. The van der Waals surface area contributed by atoms with Crippen molar-refractivity contribution in [2.24, 2.45) is 0 Å². The SMILES string of the molecule is CNC1=CC=[N+](C)CN1C. The third kappa shape index (κ3) is 1.29. The quantitative estimate of drug-likeness (QED) is 0.502. The highest BCUT2D eigenvalue weighted by molar-refractivity contribution is 5.67. The predicted octanol–water partition coefficient (Wildman–Crippen LogP) is -0.337. The molecule has 0 aromatic carbocycles. The van der Waals surface area contributed by atoms with Gasteiger partial charge in [-0.3, -0.25) is 0 Å². The van der Waals surface area contributed by atoms with Crippen LogP contribution >= 0.6 is 0 Å². The van der Waals surface area contributed by atoms with Crippen molar-refractivity contribution in [3.8, 4) is 0 Å². The maximum atomic E-state index is 3.10. The van der Waals surface area contributed by atoms with E-state index in [4.69, 9.17) is 0 Å². The predicted molar refractivity (Wildman–Crippen MR) is 42.0 cm³/mol. The van der Waals surface area contributed by atoms with Gasteiger partial charge in [-0.1, -0.05) is 0 Å². The molecule has 1 rings (SSSR count). The number of hydrogen-bond donors (Lipinski definition) is 1. The Morgan fingerprint density at radius 1 is 1.70 bits per heavy atom. The first-order valence-corrected chi connectivity index (χ1v) is 3.38. The average Bonchev–Trinajstić information content (AvgIpc) is 1.88. The molecule has 0 unspecified atom stereocenters. The summed E-state index contributed by atoms with van der Waals surface area (Å²) < 4.78 is 2.13. The fourth-order valence-corrected chi connectivity index (χ4v) is 1.06. The Hall–Kier alpha value is -0.990. The van der Waals surface area contributed by atoms with E-state index in [1.807, 2.05) is 7.05 Å². The van der Waals surface area contributed by atoms with Crippen LogP contribution in [-0.4, -0.2) is 43.5 Å². The van der Waals surface area contributed by atoms with Crippen LogP contribution in [0.25, 0.3) is 0 Å². The van der Waals surface area contributed by atoms with Crippen molar-refractivity contribution < 1.29 is 4.58 Å². The molecule has 0 aliphatic carbocycles. The number of allylic oxidation sites excluding steroid dienone is 1. The number of nitrogens with one attached hydrogen (secondary N) is 1. The van der Waals surface area contributed by atoms with Crippen LogP contribution in [0.4, 0.5) is 0 Å². The molecule has 0 bridgehead atoms. The second-order valence-corrected chi connectivity index (χ2v) is 2.55.